The van der Waals surface area contributed by atoms with Crippen molar-refractivity contribution in [2.24, 2.45) is 0 Å². The summed E-state index contributed by atoms with van der Waals surface area (Å²) in [4.78, 5) is 4.39. The van der Waals surface area contributed by atoms with Crippen molar-refractivity contribution in [1.82, 2.24) is 15.5 Å². The highest BCUT2D eigenvalue weighted by molar-refractivity contribution is 9.10. The van der Waals surface area contributed by atoms with Gasteiger partial charge >= 0.3 is 0 Å². The summed E-state index contributed by atoms with van der Waals surface area (Å²) < 4.78 is 19.2. The van der Waals surface area contributed by atoms with Crippen LogP contribution in [0.15, 0.2) is 27.2 Å². The normalized spacial score (nSPS) is 16.7. The maximum Gasteiger partial charge on any atom is 0.258 e. The van der Waals surface area contributed by atoms with Crippen molar-refractivity contribution in [3.63, 3.8) is 0 Å². The van der Waals surface area contributed by atoms with Gasteiger partial charge in [-0.05, 0) is 44.1 Å². The van der Waals surface area contributed by atoms with E-state index in [4.69, 9.17) is 4.52 Å². The highest BCUT2D eigenvalue weighted by Crippen LogP contribution is 2.27. The fourth-order valence-corrected chi connectivity index (χ4v) is 2.74. The number of piperidine rings is 1. The van der Waals surface area contributed by atoms with Gasteiger partial charge in [0.25, 0.3) is 5.89 Å². The molecule has 3 rings (SSSR count). The van der Waals surface area contributed by atoms with Crippen molar-refractivity contribution < 1.29 is 8.91 Å². The van der Waals surface area contributed by atoms with Crippen molar-refractivity contribution in [2.45, 2.75) is 18.8 Å². The minimum absolute atomic E-state index is 0.328. The average molecular weight is 326 g/mol. The third-order valence-electron chi connectivity index (χ3n) is 3.26. The Morgan fingerprint density at radius 1 is 1.26 bits per heavy atom. The number of nitrogens with one attached hydrogen (secondary N) is 1. The van der Waals surface area contributed by atoms with Gasteiger partial charge in [0.15, 0.2) is 5.82 Å². The van der Waals surface area contributed by atoms with E-state index in [-0.39, 0.29) is 5.82 Å². The predicted molar refractivity (Wildman–Crippen MR) is 72.2 cm³/mol. The molecule has 0 bridgehead atoms. The van der Waals surface area contributed by atoms with Crippen molar-refractivity contribution in [3.8, 4) is 11.5 Å². The molecule has 1 aromatic carbocycles. The highest BCUT2D eigenvalue weighted by atomic mass is 79.9. The van der Waals surface area contributed by atoms with Gasteiger partial charge in [-0.2, -0.15) is 4.98 Å². The third-order valence-corrected chi connectivity index (χ3v) is 3.71. The minimum Gasteiger partial charge on any atom is -0.334 e. The molecule has 0 atom stereocenters. The summed E-state index contributed by atoms with van der Waals surface area (Å²) in [6.07, 6.45) is 2.01. The molecule has 4 nitrogen and oxygen atoms in total. The van der Waals surface area contributed by atoms with E-state index < -0.39 is 0 Å². The second-order valence-corrected chi connectivity index (χ2v) is 5.56. The van der Waals surface area contributed by atoms with E-state index in [1.807, 2.05) is 0 Å². The molecule has 1 saturated heterocycles. The molecule has 100 valence electrons. The predicted octanol–water partition coefficient (Wildman–Crippen LogP) is 3.11. The molecule has 0 radical (unpaired) electrons. The van der Waals surface area contributed by atoms with Gasteiger partial charge in [0.2, 0.25) is 0 Å². The Morgan fingerprint density at radius 3 is 2.79 bits per heavy atom. The van der Waals surface area contributed by atoms with E-state index in [1.165, 1.54) is 12.1 Å². The molecule has 0 aliphatic carbocycles. The van der Waals surface area contributed by atoms with Crippen LogP contribution in [0.2, 0.25) is 0 Å². The monoisotopic (exact) mass is 325 g/mol. The van der Waals surface area contributed by atoms with Gasteiger partial charge in [-0.15, -0.1) is 0 Å². The summed E-state index contributed by atoms with van der Waals surface area (Å²) in [5.74, 6) is 1.09. The Kier molecular flexibility index (Phi) is 3.61. The van der Waals surface area contributed by atoms with Crippen LogP contribution in [0.1, 0.15) is 24.6 Å². The zero-order chi connectivity index (χ0) is 13.2. The molecular weight excluding hydrogens is 313 g/mol. The number of halogens is 2. The summed E-state index contributed by atoms with van der Waals surface area (Å²) >= 11 is 3.26. The van der Waals surface area contributed by atoms with Gasteiger partial charge in [0.1, 0.15) is 5.82 Å². The second-order valence-electron chi connectivity index (χ2n) is 4.64. The molecule has 2 aromatic rings. The molecule has 0 saturated carbocycles. The Balaban J connectivity index is 1.87. The number of hydrogen-bond donors (Lipinski definition) is 1. The van der Waals surface area contributed by atoms with Crippen LogP contribution in [0.4, 0.5) is 4.39 Å². The minimum atomic E-state index is -0.328. The first-order valence-corrected chi connectivity index (χ1v) is 7.02. The van der Waals surface area contributed by atoms with E-state index in [0.29, 0.717) is 21.8 Å². The van der Waals surface area contributed by atoms with Crippen LogP contribution in [0.3, 0.4) is 0 Å². The van der Waals surface area contributed by atoms with Crippen LogP contribution in [0.25, 0.3) is 11.5 Å². The first-order chi connectivity index (χ1) is 9.22. The summed E-state index contributed by atoms with van der Waals surface area (Å²) in [5, 5.41) is 7.32. The summed E-state index contributed by atoms with van der Waals surface area (Å²) in [5.41, 5.74) is 0.597. The lowest BCUT2D eigenvalue weighted by molar-refractivity contribution is 0.392. The number of aromatic nitrogens is 2. The number of benzene rings is 1. The second kappa shape index (κ2) is 5.38. The number of hydrogen-bond acceptors (Lipinski definition) is 4. The molecule has 1 aliphatic heterocycles. The SMILES string of the molecule is Fc1cc(Br)cc(-c2nc(C3CCNCC3)no2)c1. The van der Waals surface area contributed by atoms with Crippen molar-refractivity contribution in [3.05, 3.63) is 34.3 Å². The molecule has 1 fully saturated rings. The fourth-order valence-electron chi connectivity index (χ4n) is 2.28. The molecule has 1 aromatic heterocycles. The summed E-state index contributed by atoms with van der Waals surface area (Å²) in [6, 6.07) is 4.56. The average Bonchev–Trinajstić information content (AvgIpc) is 2.88. The van der Waals surface area contributed by atoms with Gasteiger partial charge in [0.05, 0.1) is 0 Å². The van der Waals surface area contributed by atoms with Crippen molar-refractivity contribution >= 4 is 15.9 Å². The molecule has 0 amide bonds. The molecule has 1 aliphatic rings. The Morgan fingerprint density at radius 2 is 2.05 bits per heavy atom. The molecule has 6 heteroatoms. The van der Waals surface area contributed by atoms with E-state index in [0.717, 1.165) is 31.8 Å². The van der Waals surface area contributed by atoms with Crippen LogP contribution < -0.4 is 5.32 Å². The summed E-state index contributed by atoms with van der Waals surface area (Å²) in [7, 11) is 0. The maximum absolute atomic E-state index is 13.3. The van der Waals surface area contributed by atoms with Crippen LogP contribution in [-0.4, -0.2) is 23.2 Å². The Bertz CT molecular complexity index is 561. The maximum atomic E-state index is 13.3. The van der Waals surface area contributed by atoms with Crippen molar-refractivity contribution in [2.75, 3.05) is 13.1 Å². The summed E-state index contributed by atoms with van der Waals surface area (Å²) in [6.45, 7) is 1.94. The van der Waals surface area contributed by atoms with Gasteiger partial charge in [-0.25, -0.2) is 4.39 Å². The van der Waals surface area contributed by atoms with Gasteiger partial charge in [-0.3, -0.25) is 0 Å². The lowest BCUT2D eigenvalue weighted by atomic mass is 9.98. The lowest BCUT2D eigenvalue weighted by Gasteiger charge is -2.18. The number of rotatable bonds is 2. The Hall–Kier alpha value is -1.27. The zero-order valence-corrected chi connectivity index (χ0v) is 11.8. The third kappa shape index (κ3) is 2.84. The van der Waals surface area contributed by atoms with E-state index in [9.17, 15) is 4.39 Å². The van der Waals surface area contributed by atoms with E-state index in [2.05, 4.69) is 31.4 Å². The Labute approximate surface area is 118 Å². The fraction of sp³-hybridized carbons (Fsp3) is 0.385. The van der Waals surface area contributed by atoms with Gasteiger partial charge < -0.3 is 9.84 Å². The lowest BCUT2D eigenvalue weighted by Crippen LogP contribution is -2.27. The smallest absolute Gasteiger partial charge is 0.258 e. The van der Waals surface area contributed by atoms with E-state index >= 15 is 0 Å². The molecule has 0 spiro atoms. The largest absolute Gasteiger partial charge is 0.334 e. The van der Waals surface area contributed by atoms with Crippen molar-refractivity contribution in [1.29, 1.82) is 0 Å². The van der Waals surface area contributed by atoms with Gasteiger partial charge in [0, 0.05) is 16.0 Å². The quantitative estimate of drug-likeness (QED) is 0.921. The molecule has 19 heavy (non-hydrogen) atoms. The van der Waals surface area contributed by atoms with Crippen LogP contribution in [0, 0.1) is 5.82 Å². The van der Waals surface area contributed by atoms with Crippen LogP contribution in [-0.2, 0) is 0 Å². The molecular formula is C13H13BrFN3O. The highest BCUT2D eigenvalue weighted by Gasteiger charge is 2.21. The first kappa shape index (κ1) is 12.7. The zero-order valence-electron chi connectivity index (χ0n) is 10.2. The van der Waals surface area contributed by atoms with Crippen LogP contribution in [0.5, 0.6) is 0 Å². The molecule has 1 N–H and O–H groups in total. The first-order valence-electron chi connectivity index (χ1n) is 6.23. The molecule has 0 unspecified atom stereocenters. The van der Waals surface area contributed by atoms with Crippen LogP contribution >= 0.6 is 15.9 Å². The standard InChI is InChI=1S/C13H13BrFN3O/c14-10-5-9(6-11(15)7-10)13-17-12(18-19-13)8-1-3-16-4-2-8/h5-8,16H,1-4H2. The van der Waals surface area contributed by atoms with Gasteiger partial charge in [-0.1, -0.05) is 21.1 Å². The number of nitrogens with zero attached hydrogens (tertiary/aromatic N) is 2. The molecule has 2 heterocycles. The van der Waals surface area contributed by atoms with E-state index in [1.54, 1.807) is 6.07 Å². The topological polar surface area (TPSA) is 51.0 Å².